The van der Waals surface area contributed by atoms with E-state index in [2.05, 4.69) is 21.1 Å². The average Bonchev–Trinajstić information content (AvgIpc) is 2.41. The van der Waals surface area contributed by atoms with E-state index in [9.17, 15) is 14.4 Å². The summed E-state index contributed by atoms with van der Waals surface area (Å²) in [7, 11) is 3.30. The van der Waals surface area contributed by atoms with Crippen molar-refractivity contribution in [3.8, 4) is 0 Å². The van der Waals surface area contributed by atoms with Crippen molar-refractivity contribution in [1.29, 1.82) is 0 Å². The third-order valence-electron chi connectivity index (χ3n) is 2.65. The first kappa shape index (κ1) is 16.4. The van der Waals surface area contributed by atoms with E-state index < -0.39 is 23.3 Å². The van der Waals surface area contributed by atoms with Gasteiger partial charge in [0.25, 0.3) is 5.41 Å². The lowest BCUT2D eigenvalue weighted by atomic mass is 9.82. The molecule has 0 saturated heterocycles. The van der Waals surface area contributed by atoms with Gasteiger partial charge in [0, 0.05) is 0 Å². The maximum Gasteiger partial charge on any atom is 0.334 e. The third kappa shape index (κ3) is 3.21. The fourth-order valence-corrected chi connectivity index (χ4v) is 1.65. The van der Waals surface area contributed by atoms with Crippen LogP contribution in [0.15, 0.2) is 0 Å². The molecule has 0 atom stereocenters. The number of methoxy groups -OCH3 is 3. The SMILES string of the molecule is [CH2]CCCCC(C(=O)OC)(C(=O)OC)C(=O)OC. The number of carbonyl (C=O) groups excluding carboxylic acids is 3. The van der Waals surface area contributed by atoms with Crippen molar-refractivity contribution in [3.05, 3.63) is 6.92 Å². The molecular formula is C12H19O6. The number of rotatable bonds is 7. The van der Waals surface area contributed by atoms with E-state index in [1.54, 1.807) is 0 Å². The Morgan fingerprint density at radius 3 is 1.56 bits per heavy atom. The van der Waals surface area contributed by atoms with E-state index in [0.29, 0.717) is 19.3 Å². The molecule has 6 nitrogen and oxygen atoms in total. The lowest BCUT2D eigenvalue weighted by Crippen LogP contribution is -2.48. The summed E-state index contributed by atoms with van der Waals surface area (Å²) in [5.74, 6) is -2.90. The van der Waals surface area contributed by atoms with Gasteiger partial charge in [-0.15, -0.1) is 0 Å². The summed E-state index contributed by atoms with van der Waals surface area (Å²) in [6.07, 6.45) is 1.75. The summed E-state index contributed by atoms with van der Waals surface area (Å²) in [5.41, 5.74) is -2.03. The number of unbranched alkanes of at least 4 members (excludes halogenated alkanes) is 2. The van der Waals surface area contributed by atoms with Crippen LogP contribution in [0, 0.1) is 12.3 Å². The standard InChI is InChI=1S/C12H19O6/c1-5-6-7-8-12(9(13)16-2,10(14)17-3)11(15)18-4/h1,5-8H2,2-4H3. The fraction of sp³-hybridized carbons (Fsp3) is 0.667. The van der Waals surface area contributed by atoms with Crippen molar-refractivity contribution < 1.29 is 28.6 Å². The topological polar surface area (TPSA) is 78.9 Å². The van der Waals surface area contributed by atoms with E-state index in [4.69, 9.17) is 0 Å². The Bertz CT molecular complexity index is 269. The highest BCUT2D eigenvalue weighted by atomic mass is 16.6. The summed E-state index contributed by atoms with van der Waals surface area (Å²) in [6, 6.07) is 0. The van der Waals surface area contributed by atoms with Crippen LogP contribution in [0.4, 0.5) is 0 Å². The molecule has 0 amide bonds. The molecule has 18 heavy (non-hydrogen) atoms. The van der Waals surface area contributed by atoms with Crippen LogP contribution in [-0.2, 0) is 28.6 Å². The summed E-state index contributed by atoms with van der Waals surface area (Å²) in [5, 5.41) is 0. The molecule has 0 unspecified atom stereocenters. The molecule has 0 aliphatic carbocycles. The smallest absolute Gasteiger partial charge is 0.334 e. The zero-order valence-electron chi connectivity index (χ0n) is 11.0. The van der Waals surface area contributed by atoms with E-state index >= 15 is 0 Å². The number of ether oxygens (including phenoxy) is 3. The van der Waals surface area contributed by atoms with E-state index in [1.165, 1.54) is 0 Å². The van der Waals surface area contributed by atoms with E-state index in [-0.39, 0.29) is 6.42 Å². The van der Waals surface area contributed by atoms with Gasteiger partial charge in [0.15, 0.2) is 0 Å². The molecule has 0 N–H and O–H groups in total. The Hall–Kier alpha value is -1.59. The first-order valence-electron chi connectivity index (χ1n) is 5.55. The lowest BCUT2D eigenvalue weighted by Gasteiger charge is -2.25. The highest BCUT2D eigenvalue weighted by molar-refractivity contribution is 6.17. The predicted octanol–water partition coefficient (Wildman–Crippen LogP) is 0.886. The van der Waals surface area contributed by atoms with Crippen LogP contribution in [0.3, 0.4) is 0 Å². The van der Waals surface area contributed by atoms with Crippen LogP contribution in [0.1, 0.15) is 25.7 Å². The van der Waals surface area contributed by atoms with Gasteiger partial charge in [-0.3, -0.25) is 14.4 Å². The first-order chi connectivity index (χ1) is 8.50. The summed E-state index contributed by atoms with van der Waals surface area (Å²) < 4.78 is 13.6. The Kier molecular flexibility index (Phi) is 7.00. The molecule has 0 aliphatic rings. The predicted molar refractivity (Wildman–Crippen MR) is 62.3 cm³/mol. The molecule has 0 aliphatic heterocycles. The van der Waals surface area contributed by atoms with Gasteiger partial charge < -0.3 is 14.2 Å². The van der Waals surface area contributed by atoms with Crippen molar-refractivity contribution in [2.24, 2.45) is 5.41 Å². The molecular weight excluding hydrogens is 240 g/mol. The molecule has 1 radical (unpaired) electrons. The van der Waals surface area contributed by atoms with Gasteiger partial charge in [0.1, 0.15) is 0 Å². The van der Waals surface area contributed by atoms with Crippen molar-refractivity contribution >= 4 is 17.9 Å². The van der Waals surface area contributed by atoms with Crippen LogP contribution in [-0.4, -0.2) is 39.2 Å². The molecule has 6 heteroatoms. The highest BCUT2D eigenvalue weighted by Gasteiger charge is 2.56. The molecule has 0 aromatic rings. The molecule has 0 spiro atoms. The second-order valence-electron chi connectivity index (χ2n) is 3.69. The zero-order chi connectivity index (χ0) is 14.2. The second-order valence-corrected chi connectivity index (χ2v) is 3.69. The van der Waals surface area contributed by atoms with Crippen molar-refractivity contribution in [3.63, 3.8) is 0 Å². The van der Waals surface area contributed by atoms with E-state index in [1.807, 2.05) is 0 Å². The Balaban J connectivity index is 5.33. The highest BCUT2D eigenvalue weighted by Crippen LogP contribution is 2.30. The Morgan fingerprint density at radius 2 is 1.28 bits per heavy atom. The Morgan fingerprint density at radius 1 is 0.889 bits per heavy atom. The quantitative estimate of drug-likeness (QED) is 0.292. The van der Waals surface area contributed by atoms with Gasteiger partial charge in [-0.1, -0.05) is 26.2 Å². The summed E-state index contributed by atoms with van der Waals surface area (Å²) >= 11 is 0. The van der Waals surface area contributed by atoms with Crippen LogP contribution >= 0.6 is 0 Å². The maximum atomic E-state index is 11.8. The maximum absolute atomic E-state index is 11.8. The molecule has 0 bridgehead atoms. The van der Waals surface area contributed by atoms with Crippen LogP contribution in [0.25, 0.3) is 0 Å². The minimum Gasteiger partial charge on any atom is -0.468 e. The molecule has 0 fully saturated rings. The zero-order valence-corrected chi connectivity index (χ0v) is 11.0. The molecule has 0 rings (SSSR count). The minimum atomic E-state index is -2.03. The van der Waals surface area contributed by atoms with Crippen LogP contribution < -0.4 is 0 Å². The first-order valence-corrected chi connectivity index (χ1v) is 5.55. The van der Waals surface area contributed by atoms with Gasteiger partial charge in [0.2, 0.25) is 0 Å². The lowest BCUT2D eigenvalue weighted by molar-refractivity contribution is -0.181. The van der Waals surface area contributed by atoms with Crippen LogP contribution in [0.2, 0.25) is 0 Å². The van der Waals surface area contributed by atoms with Gasteiger partial charge in [-0.05, 0) is 6.42 Å². The van der Waals surface area contributed by atoms with Crippen molar-refractivity contribution in [2.45, 2.75) is 25.7 Å². The number of esters is 3. The normalized spacial score (nSPS) is 10.7. The number of carbonyl (C=O) groups is 3. The van der Waals surface area contributed by atoms with Crippen molar-refractivity contribution in [2.75, 3.05) is 21.3 Å². The summed E-state index contributed by atoms with van der Waals surface area (Å²) in [4.78, 5) is 35.4. The van der Waals surface area contributed by atoms with Crippen LogP contribution in [0.5, 0.6) is 0 Å². The largest absolute Gasteiger partial charge is 0.468 e. The monoisotopic (exact) mass is 259 g/mol. The minimum absolute atomic E-state index is 0.0193. The van der Waals surface area contributed by atoms with Gasteiger partial charge in [-0.2, -0.15) is 0 Å². The molecule has 103 valence electrons. The molecule has 0 heterocycles. The van der Waals surface area contributed by atoms with E-state index in [0.717, 1.165) is 21.3 Å². The third-order valence-corrected chi connectivity index (χ3v) is 2.65. The number of hydrogen-bond donors (Lipinski definition) is 0. The molecule has 0 aromatic carbocycles. The number of hydrogen-bond acceptors (Lipinski definition) is 6. The van der Waals surface area contributed by atoms with Crippen molar-refractivity contribution in [1.82, 2.24) is 0 Å². The summed E-state index contributed by atoms with van der Waals surface area (Å²) in [6.45, 7) is 3.65. The second kappa shape index (κ2) is 7.68. The average molecular weight is 259 g/mol. The molecule has 0 aromatic heterocycles. The Labute approximate surface area is 107 Å². The van der Waals surface area contributed by atoms with Gasteiger partial charge in [-0.25, -0.2) is 0 Å². The van der Waals surface area contributed by atoms with Gasteiger partial charge in [0.05, 0.1) is 21.3 Å². The molecule has 0 saturated carbocycles. The van der Waals surface area contributed by atoms with Gasteiger partial charge >= 0.3 is 17.9 Å². The fourth-order valence-electron chi connectivity index (χ4n) is 1.65.